The Labute approximate surface area is 146 Å². The summed E-state index contributed by atoms with van der Waals surface area (Å²) in [5.41, 5.74) is 6.57. The first-order chi connectivity index (χ1) is 11.6. The van der Waals surface area contributed by atoms with E-state index < -0.39 is 0 Å². The third-order valence-corrected chi connectivity index (χ3v) is 5.88. The zero-order chi connectivity index (χ0) is 17.1. The van der Waals surface area contributed by atoms with Crippen LogP contribution in [0.4, 0.5) is 0 Å². The minimum absolute atomic E-state index is 0.0514. The fraction of sp³-hybridized carbons (Fsp3) is 0.474. The molecule has 2 N–H and O–H groups in total. The van der Waals surface area contributed by atoms with Crippen LogP contribution in [0.5, 0.6) is 0 Å². The maximum Gasteiger partial charge on any atom is 0.223 e. The van der Waals surface area contributed by atoms with E-state index in [1.807, 2.05) is 34.5 Å². The van der Waals surface area contributed by atoms with E-state index in [1.54, 1.807) is 11.3 Å². The molecule has 1 aromatic heterocycles. The number of piperidine rings is 1. The molecule has 128 valence electrons. The number of fused-ring (bicyclic) bond motifs is 1. The van der Waals surface area contributed by atoms with Crippen LogP contribution in [-0.4, -0.2) is 35.7 Å². The van der Waals surface area contributed by atoms with Crippen molar-refractivity contribution in [3.05, 3.63) is 35.2 Å². The maximum atomic E-state index is 12.5. The fourth-order valence-corrected chi connectivity index (χ4v) is 4.46. The van der Waals surface area contributed by atoms with Crippen molar-refractivity contribution in [2.75, 3.05) is 13.1 Å². The van der Waals surface area contributed by atoms with Gasteiger partial charge in [-0.25, -0.2) is 0 Å². The topological polar surface area (TPSA) is 63.4 Å². The van der Waals surface area contributed by atoms with Gasteiger partial charge in [-0.15, -0.1) is 11.3 Å². The third-order valence-electron chi connectivity index (χ3n) is 4.92. The summed E-state index contributed by atoms with van der Waals surface area (Å²) in [5, 5.41) is 2.90. The predicted octanol–water partition coefficient (Wildman–Crippen LogP) is 3.45. The van der Waals surface area contributed by atoms with Crippen molar-refractivity contribution in [3.8, 4) is 0 Å². The first kappa shape index (κ1) is 17.1. The molecule has 1 aliphatic rings. The minimum atomic E-state index is 0.0514. The molecule has 1 aromatic carbocycles. The lowest BCUT2D eigenvalue weighted by Crippen LogP contribution is -2.49. The quantitative estimate of drug-likeness (QED) is 0.845. The Bertz CT molecular complexity index is 740. The van der Waals surface area contributed by atoms with Crippen LogP contribution in [0.15, 0.2) is 29.6 Å². The minimum Gasteiger partial charge on any atom is -0.338 e. The number of thiophene rings is 1. The van der Waals surface area contributed by atoms with Gasteiger partial charge < -0.3 is 10.6 Å². The molecule has 0 bridgehead atoms. The number of nitrogens with two attached hydrogens (primary N) is 1. The van der Waals surface area contributed by atoms with Crippen LogP contribution in [0.2, 0.25) is 0 Å². The number of amides is 1. The molecule has 4 nitrogen and oxygen atoms in total. The summed E-state index contributed by atoms with van der Waals surface area (Å²) in [4.78, 5) is 26.9. The average molecular weight is 344 g/mol. The maximum absolute atomic E-state index is 12.5. The number of rotatable bonds is 5. The van der Waals surface area contributed by atoms with E-state index in [4.69, 9.17) is 5.73 Å². The Morgan fingerprint density at radius 3 is 2.88 bits per heavy atom. The molecule has 24 heavy (non-hydrogen) atoms. The van der Waals surface area contributed by atoms with E-state index >= 15 is 0 Å². The SMILES string of the molecule is CC1CCN(C(=O)CCC(=O)c2csc3ccccc23)C(CN)C1. The molecule has 5 heteroatoms. The molecule has 3 rings (SSSR count). The lowest BCUT2D eigenvalue weighted by atomic mass is 9.92. The number of ketones is 1. The Morgan fingerprint density at radius 1 is 1.29 bits per heavy atom. The van der Waals surface area contributed by atoms with E-state index in [2.05, 4.69) is 6.92 Å². The molecule has 2 unspecified atom stereocenters. The Balaban J connectivity index is 1.62. The molecule has 0 spiro atoms. The normalized spacial score (nSPS) is 21.2. The van der Waals surface area contributed by atoms with Crippen molar-refractivity contribution in [1.29, 1.82) is 0 Å². The number of benzene rings is 1. The first-order valence-electron chi connectivity index (χ1n) is 8.59. The molecule has 2 heterocycles. The molecular weight excluding hydrogens is 320 g/mol. The van der Waals surface area contributed by atoms with Crippen molar-refractivity contribution in [2.45, 2.75) is 38.6 Å². The Hall–Kier alpha value is -1.72. The Morgan fingerprint density at radius 2 is 2.08 bits per heavy atom. The van der Waals surface area contributed by atoms with E-state index in [0.29, 0.717) is 12.5 Å². The molecule has 1 amide bonds. The van der Waals surface area contributed by atoms with Crippen molar-refractivity contribution < 1.29 is 9.59 Å². The van der Waals surface area contributed by atoms with Crippen molar-refractivity contribution in [1.82, 2.24) is 4.90 Å². The molecule has 1 saturated heterocycles. The van der Waals surface area contributed by atoms with Gasteiger partial charge >= 0.3 is 0 Å². The van der Waals surface area contributed by atoms with Crippen LogP contribution >= 0.6 is 11.3 Å². The standard InChI is InChI=1S/C19H24N2O2S/c1-13-8-9-21(14(10-13)11-20)19(23)7-6-17(22)16-12-24-18-5-3-2-4-15(16)18/h2-5,12-14H,6-11,20H2,1H3. The molecule has 2 aromatic rings. The molecule has 0 saturated carbocycles. The van der Waals surface area contributed by atoms with Gasteiger partial charge in [0.1, 0.15) is 0 Å². The predicted molar refractivity (Wildman–Crippen MR) is 98.3 cm³/mol. The monoisotopic (exact) mass is 344 g/mol. The molecule has 1 aliphatic heterocycles. The number of hydrogen-bond donors (Lipinski definition) is 1. The summed E-state index contributed by atoms with van der Waals surface area (Å²) >= 11 is 1.58. The molecule has 0 aliphatic carbocycles. The fourth-order valence-electron chi connectivity index (χ4n) is 3.50. The summed E-state index contributed by atoms with van der Waals surface area (Å²) in [6.45, 7) is 3.46. The summed E-state index contributed by atoms with van der Waals surface area (Å²) in [6, 6.07) is 8.02. The second-order valence-corrected chi connectivity index (χ2v) is 7.59. The van der Waals surface area contributed by atoms with Gasteiger partial charge in [-0.2, -0.15) is 0 Å². The first-order valence-corrected chi connectivity index (χ1v) is 9.47. The highest BCUT2D eigenvalue weighted by Gasteiger charge is 2.29. The third kappa shape index (κ3) is 3.52. The van der Waals surface area contributed by atoms with E-state index in [9.17, 15) is 9.59 Å². The van der Waals surface area contributed by atoms with Crippen LogP contribution < -0.4 is 5.73 Å². The molecule has 2 atom stereocenters. The van der Waals surface area contributed by atoms with Crippen LogP contribution in [0.3, 0.4) is 0 Å². The van der Waals surface area contributed by atoms with Gasteiger partial charge in [-0.05, 0) is 24.8 Å². The second-order valence-electron chi connectivity index (χ2n) is 6.67. The van der Waals surface area contributed by atoms with E-state index in [0.717, 1.165) is 35.0 Å². The largest absolute Gasteiger partial charge is 0.338 e. The summed E-state index contributed by atoms with van der Waals surface area (Å²) in [5.74, 6) is 0.724. The zero-order valence-corrected chi connectivity index (χ0v) is 14.8. The van der Waals surface area contributed by atoms with Gasteiger partial charge in [0.25, 0.3) is 0 Å². The molecular formula is C19H24N2O2S. The lowest BCUT2D eigenvalue weighted by Gasteiger charge is -2.38. The highest BCUT2D eigenvalue weighted by molar-refractivity contribution is 7.17. The van der Waals surface area contributed by atoms with E-state index in [1.165, 1.54) is 0 Å². The average Bonchev–Trinajstić information content (AvgIpc) is 3.03. The van der Waals surface area contributed by atoms with Crippen molar-refractivity contribution >= 4 is 33.1 Å². The smallest absolute Gasteiger partial charge is 0.223 e. The Kier molecular flexibility index (Phi) is 5.31. The molecule has 0 radical (unpaired) electrons. The lowest BCUT2D eigenvalue weighted by molar-refractivity contribution is -0.135. The number of nitrogens with zero attached hydrogens (tertiary/aromatic N) is 1. The van der Waals surface area contributed by atoms with Crippen LogP contribution in [0.25, 0.3) is 10.1 Å². The molecule has 1 fully saturated rings. The van der Waals surface area contributed by atoms with Gasteiger partial charge in [0.2, 0.25) is 5.91 Å². The highest BCUT2D eigenvalue weighted by Crippen LogP contribution is 2.27. The number of Topliss-reactive ketones (excluding diaryl/α,β-unsaturated/α-hetero) is 1. The van der Waals surface area contributed by atoms with Crippen LogP contribution in [-0.2, 0) is 4.79 Å². The van der Waals surface area contributed by atoms with Gasteiger partial charge in [0.05, 0.1) is 0 Å². The van der Waals surface area contributed by atoms with Crippen LogP contribution in [0, 0.1) is 5.92 Å². The summed E-state index contributed by atoms with van der Waals surface area (Å²) in [7, 11) is 0. The summed E-state index contributed by atoms with van der Waals surface area (Å²) < 4.78 is 1.11. The van der Waals surface area contributed by atoms with Gasteiger partial charge in [0.15, 0.2) is 5.78 Å². The van der Waals surface area contributed by atoms with Gasteiger partial charge in [0, 0.05) is 53.0 Å². The number of carbonyl (C=O) groups excluding carboxylic acids is 2. The number of carbonyl (C=O) groups is 2. The van der Waals surface area contributed by atoms with Gasteiger partial charge in [-0.3, -0.25) is 9.59 Å². The number of likely N-dealkylation sites (tertiary alicyclic amines) is 1. The number of hydrogen-bond acceptors (Lipinski definition) is 4. The van der Waals surface area contributed by atoms with Gasteiger partial charge in [-0.1, -0.05) is 25.1 Å². The van der Waals surface area contributed by atoms with Crippen LogP contribution in [0.1, 0.15) is 43.0 Å². The zero-order valence-electron chi connectivity index (χ0n) is 14.0. The van der Waals surface area contributed by atoms with E-state index in [-0.39, 0.29) is 30.6 Å². The second kappa shape index (κ2) is 7.45. The highest BCUT2D eigenvalue weighted by atomic mass is 32.1. The van der Waals surface area contributed by atoms with Crippen molar-refractivity contribution in [2.24, 2.45) is 11.7 Å². The summed E-state index contributed by atoms with van der Waals surface area (Å²) in [6.07, 6.45) is 2.52. The van der Waals surface area contributed by atoms with Crippen molar-refractivity contribution in [3.63, 3.8) is 0 Å².